The number of hydrogen-bond donors (Lipinski definition) is 0. The van der Waals surface area contributed by atoms with Gasteiger partial charge in [-0.1, -0.05) is 152 Å². The average molecular weight is 663 g/mol. The third-order valence-electron chi connectivity index (χ3n) is 10.4. The van der Waals surface area contributed by atoms with Gasteiger partial charge in [-0.3, -0.25) is 0 Å². The monoisotopic (exact) mass is 662 g/mol. The van der Waals surface area contributed by atoms with Gasteiger partial charge in [-0.25, -0.2) is 0 Å². The Morgan fingerprint density at radius 3 is 1.69 bits per heavy atom. The number of aromatic nitrogens is 1. The first-order valence-corrected chi connectivity index (χ1v) is 17.9. The highest BCUT2D eigenvalue weighted by molar-refractivity contribution is 6.18. The summed E-state index contributed by atoms with van der Waals surface area (Å²) in [4.78, 5) is 2.44. The zero-order valence-electron chi connectivity index (χ0n) is 28.5. The second kappa shape index (κ2) is 12.5. The molecule has 0 N–H and O–H groups in total. The molecule has 0 atom stereocenters. The predicted molar refractivity (Wildman–Crippen MR) is 221 cm³/mol. The molecule has 2 heteroatoms. The Balaban J connectivity index is 1.27. The molecule has 0 bridgehead atoms. The number of benzene rings is 9. The molecule has 0 spiro atoms. The molecule has 1 heterocycles. The summed E-state index contributed by atoms with van der Waals surface area (Å²) in [6.07, 6.45) is 0. The molecular formula is C50H34N2. The van der Waals surface area contributed by atoms with Gasteiger partial charge in [0.05, 0.1) is 16.7 Å². The largest absolute Gasteiger partial charge is 0.310 e. The van der Waals surface area contributed by atoms with Crippen molar-refractivity contribution in [3.8, 4) is 27.9 Å². The van der Waals surface area contributed by atoms with Gasteiger partial charge in [0, 0.05) is 33.2 Å². The molecule has 0 aliphatic heterocycles. The second-order valence-electron chi connectivity index (χ2n) is 13.3. The molecule has 2 nitrogen and oxygen atoms in total. The Morgan fingerprint density at radius 2 is 0.942 bits per heavy atom. The van der Waals surface area contributed by atoms with E-state index >= 15 is 0 Å². The lowest BCUT2D eigenvalue weighted by Crippen LogP contribution is -2.10. The van der Waals surface area contributed by atoms with Crippen LogP contribution in [-0.4, -0.2) is 4.57 Å². The normalized spacial score (nSPS) is 11.5. The van der Waals surface area contributed by atoms with Crippen LogP contribution >= 0.6 is 0 Å². The van der Waals surface area contributed by atoms with Gasteiger partial charge in [-0.15, -0.1) is 0 Å². The van der Waals surface area contributed by atoms with E-state index in [2.05, 4.69) is 216 Å². The van der Waals surface area contributed by atoms with Crippen molar-refractivity contribution in [1.29, 1.82) is 0 Å². The Bertz CT molecular complexity index is 2870. The number of rotatable bonds is 6. The van der Waals surface area contributed by atoms with Crippen LogP contribution in [0.15, 0.2) is 206 Å². The average Bonchev–Trinajstić information content (AvgIpc) is 3.56. The molecule has 52 heavy (non-hydrogen) atoms. The van der Waals surface area contributed by atoms with Gasteiger partial charge in [0.15, 0.2) is 0 Å². The maximum absolute atomic E-state index is 2.44. The van der Waals surface area contributed by atoms with Gasteiger partial charge in [-0.2, -0.15) is 0 Å². The zero-order chi connectivity index (χ0) is 34.4. The molecule has 0 saturated heterocycles. The van der Waals surface area contributed by atoms with Crippen LogP contribution in [0, 0.1) is 0 Å². The second-order valence-corrected chi connectivity index (χ2v) is 13.3. The fourth-order valence-electron chi connectivity index (χ4n) is 7.99. The molecule has 244 valence electrons. The molecule has 0 saturated carbocycles. The van der Waals surface area contributed by atoms with E-state index in [1.54, 1.807) is 0 Å². The summed E-state index contributed by atoms with van der Waals surface area (Å²) >= 11 is 0. The van der Waals surface area contributed by atoms with Crippen molar-refractivity contribution in [2.24, 2.45) is 0 Å². The smallest absolute Gasteiger partial charge is 0.0547 e. The number of nitrogens with zero attached hydrogens (tertiary/aromatic N) is 2. The van der Waals surface area contributed by atoms with Gasteiger partial charge in [-0.05, 0) is 93.0 Å². The Hall–Kier alpha value is -6.90. The third-order valence-corrected chi connectivity index (χ3v) is 10.4. The van der Waals surface area contributed by atoms with E-state index in [1.165, 1.54) is 65.6 Å². The van der Waals surface area contributed by atoms with Crippen molar-refractivity contribution in [3.63, 3.8) is 0 Å². The van der Waals surface area contributed by atoms with Crippen molar-refractivity contribution >= 4 is 60.4 Å². The van der Waals surface area contributed by atoms with Crippen molar-refractivity contribution < 1.29 is 0 Å². The maximum Gasteiger partial charge on any atom is 0.0547 e. The first-order valence-electron chi connectivity index (χ1n) is 17.9. The van der Waals surface area contributed by atoms with E-state index in [0.717, 1.165) is 22.7 Å². The van der Waals surface area contributed by atoms with Crippen molar-refractivity contribution in [3.05, 3.63) is 206 Å². The molecule has 0 unspecified atom stereocenters. The summed E-state index contributed by atoms with van der Waals surface area (Å²) in [6, 6.07) is 74.7. The third kappa shape index (κ3) is 4.96. The van der Waals surface area contributed by atoms with Gasteiger partial charge < -0.3 is 9.47 Å². The molecule has 1 aromatic heterocycles. The summed E-state index contributed by atoms with van der Waals surface area (Å²) in [5, 5.41) is 7.40. The lowest BCUT2D eigenvalue weighted by molar-refractivity contribution is 1.18. The lowest BCUT2D eigenvalue weighted by Gasteiger charge is -2.28. The summed E-state index contributed by atoms with van der Waals surface area (Å²) in [6.45, 7) is 0. The molecule has 9 aromatic carbocycles. The minimum Gasteiger partial charge on any atom is -0.310 e. The quantitative estimate of drug-likeness (QED) is 0.161. The standard InChI is InChI=1S/C50H34N2/c1-4-15-35(16-5-1)36-27-29-40(30-28-36)51(49-33-38-19-10-11-22-42(38)44-23-12-13-24-45(44)49)41-31-32-47-46(34-41)50-43(37-17-6-2-7-18-37)25-14-26-48(50)52(47)39-20-8-3-9-21-39/h1-34H. The van der Waals surface area contributed by atoms with Gasteiger partial charge >= 0.3 is 0 Å². The highest BCUT2D eigenvalue weighted by Crippen LogP contribution is 2.45. The van der Waals surface area contributed by atoms with Crippen molar-refractivity contribution in [2.75, 3.05) is 4.90 Å². The Kier molecular flexibility index (Phi) is 7.18. The van der Waals surface area contributed by atoms with Crippen LogP contribution in [0.5, 0.6) is 0 Å². The van der Waals surface area contributed by atoms with Crippen LogP contribution in [0.25, 0.3) is 71.3 Å². The molecule has 0 amide bonds. The molecule has 10 aromatic rings. The summed E-state index contributed by atoms with van der Waals surface area (Å²) in [5.74, 6) is 0. The fraction of sp³-hybridized carbons (Fsp3) is 0. The van der Waals surface area contributed by atoms with Crippen LogP contribution in [0.1, 0.15) is 0 Å². The molecule has 10 rings (SSSR count). The maximum atomic E-state index is 2.44. The highest BCUT2D eigenvalue weighted by Gasteiger charge is 2.21. The lowest BCUT2D eigenvalue weighted by atomic mass is 9.98. The first-order chi connectivity index (χ1) is 25.8. The summed E-state index contributed by atoms with van der Waals surface area (Å²) < 4.78 is 2.41. The fourth-order valence-corrected chi connectivity index (χ4v) is 7.99. The molecule has 0 fully saturated rings. The number of hydrogen-bond acceptors (Lipinski definition) is 1. The van der Waals surface area contributed by atoms with Crippen molar-refractivity contribution in [2.45, 2.75) is 0 Å². The van der Waals surface area contributed by atoms with E-state index in [0.29, 0.717) is 0 Å². The summed E-state index contributed by atoms with van der Waals surface area (Å²) in [5.41, 5.74) is 11.7. The first kappa shape index (κ1) is 30.0. The Morgan fingerprint density at radius 1 is 0.346 bits per heavy atom. The minimum absolute atomic E-state index is 1.11. The van der Waals surface area contributed by atoms with E-state index in [-0.39, 0.29) is 0 Å². The number of para-hydroxylation sites is 1. The van der Waals surface area contributed by atoms with E-state index in [1.807, 2.05) is 0 Å². The van der Waals surface area contributed by atoms with Crippen molar-refractivity contribution in [1.82, 2.24) is 4.57 Å². The van der Waals surface area contributed by atoms with Gasteiger partial charge in [0.25, 0.3) is 0 Å². The van der Waals surface area contributed by atoms with E-state index in [4.69, 9.17) is 0 Å². The van der Waals surface area contributed by atoms with E-state index in [9.17, 15) is 0 Å². The van der Waals surface area contributed by atoms with Gasteiger partial charge in [0.2, 0.25) is 0 Å². The molecule has 0 aliphatic carbocycles. The zero-order valence-corrected chi connectivity index (χ0v) is 28.5. The predicted octanol–water partition coefficient (Wildman–Crippen LogP) is 13.9. The molecule has 0 radical (unpaired) electrons. The van der Waals surface area contributed by atoms with Crippen LogP contribution in [0.4, 0.5) is 17.1 Å². The molecular weight excluding hydrogens is 629 g/mol. The number of anilines is 3. The van der Waals surface area contributed by atoms with Crippen LogP contribution < -0.4 is 4.90 Å². The van der Waals surface area contributed by atoms with E-state index < -0.39 is 0 Å². The highest BCUT2D eigenvalue weighted by atomic mass is 15.1. The van der Waals surface area contributed by atoms with Crippen LogP contribution in [-0.2, 0) is 0 Å². The number of fused-ring (bicyclic) bond motifs is 6. The SMILES string of the molecule is c1ccc(-c2ccc(N(c3ccc4c(c3)c3c(-c5ccccc5)cccc3n4-c3ccccc3)c3cc4ccccc4c4ccccc34)cc2)cc1. The minimum atomic E-state index is 1.11. The van der Waals surface area contributed by atoms with Gasteiger partial charge in [0.1, 0.15) is 0 Å². The summed E-state index contributed by atoms with van der Waals surface area (Å²) in [7, 11) is 0. The molecule has 0 aliphatic rings. The Labute approximate surface area is 303 Å². The van der Waals surface area contributed by atoms with Crippen LogP contribution in [0.3, 0.4) is 0 Å². The topological polar surface area (TPSA) is 8.17 Å². The van der Waals surface area contributed by atoms with Crippen LogP contribution in [0.2, 0.25) is 0 Å².